The molecule has 10 heteroatoms. The maximum atomic E-state index is 13.8. The molecule has 0 saturated heterocycles. The Morgan fingerprint density at radius 3 is 2.30 bits per heavy atom. The van der Waals surface area contributed by atoms with Gasteiger partial charge in [-0.1, -0.05) is 52.3 Å². The first-order chi connectivity index (χ1) is 17.7. The Labute approximate surface area is 226 Å². The fourth-order valence-corrected chi connectivity index (χ4v) is 5.40. The van der Waals surface area contributed by atoms with Crippen molar-refractivity contribution in [2.75, 3.05) is 24.5 Å². The number of halogens is 1. The molecule has 0 unspecified atom stereocenters. The van der Waals surface area contributed by atoms with E-state index in [2.05, 4.69) is 21.2 Å². The third-order valence-corrected chi connectivity index (χ3v) is 8.05. The normalized spacial score (nSPS) is 11.9. The van der Waals surface area contributed by atoms with Gasteiger partial charge in [0.05, 0.1) is 17.7 Å². The van der Waals surface area contributed by atoms with E-state index in [1.165, 1.54) is 24.1 Å². The van der Waals surface area contributed by atoms with E-state index in [1.807, 2.05) is 24.3 Å². The molecule has 0 saturated carbocycles. The highest BCUT2D eigenvalue weighted by Gasteiger charge is 2.32. The van der Waals surface area contributed by atoms with Crippen molar-refractivity contribution in [1.29, 1.82) is 0 Å². The van der Waals surface area contributed by atoms with Crippen LogP contribution in [0.3, 0.4) is 0 Å². The molecule has 3 aromatic rings. The molecule has 196 valence electrons. The molecule has 0 aromatic heterocycles. The number of amides is 2. The van der Waals surface area contributed by atoms with E-state index in [9.17, 15) is 18.0 Å². The van der Waals surface area contributed by atoms with Gasteiger partial charge in [-0.2, -0.15) is 0 Å². The Hall–Kier alpha value is -3.37. The molecule has 0 aliphatic heterocycles. The van der Waals surface area contributed by atoms with Crippen LogP contribution in [-0.2, 0) is 26.2 Å². The quantitative estimate of drug-likeness (QED) is 0.362. The second kappa shape index (κ2) is 12.7. The van der Waals surface area contributed by atoms with Gasteiger partial charge in [0.2, 0.25) is 11.8 Å². The predicted octanol–water partition coefficient (Wildman–Crippen LogP) is 4.21. The van der Waals surface area contributed by atoms with Crippen molar-refractivity contribution in [2.45, 2.75) is 31.3 Å². The van der Waals surface area contributed by atoms with Crippen LogP contribution in [0.4, 0.5) is 5.69 Å². The average Bonchev–Trinajstić information content (AvgIpc) is 2.91. The van der Waals surface area contributed by atoms with E-state index in [0.29, 0.717) is 12.3 Å². The molecule has 0 radical (unpaired) electrons. The van der Waals surface area contributed by atoms with Gasteiger partial charge in [0.15, 0.2) is 0 Å². The summed E-state index contributed by atoms with van der Waals surface area (Å²) < 4.78 is 34.7. The molecule has 0 aliphatic rings. The van der Waals surface area contributed by atoms with E-state index >= 15 is 0 Å². The number of hydrogen-bond donors (Lipinski definition) is 1. The zero-order valence-corrected chi connectivity index (χ0v) is 23.3. The van der Waals surface area contributed by atoms with Gasteiger partial charge in [-0.3, -0.25) is 13.9 Å². The third kappa shape index (κ3) is 7.11. The number of carbonyl (C=O) groups is 2. The van der Waals surface area contributed by atoms with Crippen LogP contribution in [0.1, 0.15) is 19.4 Å². The minimum absolute atomic E-state index is 0.0434. The molecule has 0 aliphatic carbocycles. The molecule has 0 spiro atoms. The molecule has 1 atom stereocenters. The SMILES string of the molecule is CCNC(=O)[C@H](C)N(Cc1ccc(Br)cc1)C(=O)CN(c1cccc(OC)c1)S(=O)(=O)c1ccccc1. The van der Waals surface area contributed by atoms with Crippen LogP contribution in [0.2, 0.25) is 0 Å². The van der Waals surface area contributed by atoms with Crippen molar-refractivity contribution >= 4 is 43.5 Å². The zero-order chi connectivity index (χ0) is 27.0. The van der Waals surface area contributed by atoms with Crippen LogP contribution >= 0.6 is 15.9 Å². The lowest BCUT2D eigenvalue weighted by Gasteiger charge is -2.32. The second-order valence-electron chi connectivity index (χ2n) is 8.24. The van der Waals surface area contributed by atoms with E-state index in [1.54, 1.807) is 56.3 Å². The number of likely N-dealkylation sites (N-methyl/N-ethyl adjacent to an activating group) is 1. The van der Waals surface area contributed by atoms with Crippen molar-refractivity contribution in [2.24, 2.45) is 0 Å². The van der Waals surface area contributed by atoms with Gasteiger partial charge in [-0.05, 0) is 55.8 Å². The number of ether oxygens (including phenoxy) is 1. The van der Waals surface area contributed by atoms with E-state index in [0.717, 1.165) is 14.3 Å². The minimum atomic E-state index is -4.12. The van der Waals surface area contributed by atoms with Gasteiger partial charge >= 0.3 is 0 Å². The third-order valence-electron chi connectivity index (χ3n) is 5.74. The van der Waals surface area contributed by atoms with Crippen molar-refractivity contribution in [1.82, 2.24) is 10.2 Å². The summed E-state index contributed by atoms with van der Waals surface area (Å²) in [5.41, 5.74) is 1.07. The highest BCUT2D eigenvalue weighted by atomic mass is 79.9. The molecule has 8 nitrogen and oxygen atoms in total. The van der Waals surface area contributed by atoms with Gasteiger partial charge in [0.1, 0.15) is 18.3 Å². The molecule has 2 amide bonds. The maximum Gasteiger partial charge on any atom is 0.264 e. The van der Waals surface area contributed by atoms with Gasteiger partial charge in [0, 0.05) is 23.6 Å². The van der Waals surface area contributed by atoms with Crippen LogP contribution in [0.15, 0.2) is 88.2 Å². The minimum Gasteiger partial charge on any atom is -0.497 e. The maximum absolute atomic E-state index is 13.8. The van der Waals surface area contributed by atoms with E-state index in [4.69, 9.17) is 4.74 Å². The Kier molecular flexibility index (Phi) is 9.71. The molecule has 0 heterocycles. The van der Waals surface area contributed by atoms with Gasteiger partial charge in [-0.15, -0.1) is 0 Å². The van der Waals surface area contributed by atoms with Crippen molar-refractivity contribution < 1.29 is 22.7 Å². The lowest BCUT2D eigenvalue weighted by atomic mass is 10.1. The van der Waals surface area contributed by atoms with E-state index < -0.39 is 28.5 Å². The van der Waals surface area contributed by atoms with Crippen LogP contribution in [0.25, 0.3) is 0 Å². The Balaban J connectivity index is 2.03. The number of hydrogen-bond acceptors (Lipinski definition) is 5. The lowest BCUT2D eigenvalue weighted by Crippen LogP contribution is -2.51. The monoisotopic (exact) mass is 587 g/mol. The number of rotatable bonds is 11. The first-order valence-electron chi connectivity index (χ1n) is 11.7. The predicted molar refractivity (Wildman–Crippen MR) is 147 cm³/mol. The van der Waals surface area contributed by atoms with Crippen molar-refractivity contribution in [3.63, 3.8) is 0 Å². The number of nitrogens with one attached hydrogen (secondary N) is 1. The summed E-state index contributed by atoms with van der Waals surface area (Å²) in [6, 6.07) is 21.0. The molecule has 37 heavy (non-hydrogen) atoms. The summed E-state index contributed by atoms with van der Waals surface area (Å²) in [4.78, 5) is 27.9. The van der Waals surface area contributed by atoms with Crippen LogP contribution in [0.5, 0.6) is 5.75 Å². The number of sulfonamides is 1. The smallest absolute Gasteiger partial charge is 0.264 e. The molecule has 3 aromatic carbocycles. The molecular formula is C27H30BrN3O5S. The molecule has 0 bridgehead atoms. The summed E-state index contributed by atoms with van der Waals surface area (Å²) in [6.45, 7) is 3.44. The first kappa shape index (κ1) is 28.2. The second-order valence-corrected chi connectivity index (χ2v) is 11.0. The topological polar surface area (TPSA) is 96.0 Å². The molecular weight excluding hydrogens is 558 g/mol. The van der Waals surface area contributed by atoms with Crippen LogP contribution < -0.4 is 14.4 Å². The number of anilines is 1. The molecule has 3 rings (SSSR count). The fraction of sp³-hybridized carbons (Fsp3) is 0.259. The molecule has 0 fully saturated rings. The average molecular weight is 589 g/mol. The Morgan fingerprint density at radius 1 is 1.00 bits per heavy atom. The summed E-state index contributed by atoms with van der Waals surface area (Å²) in [5, 5.41) is 2.74. The summed E-state index contributed by atoms with van der Waals surface area (Å²) >= 11 is 3.40. The fourth-order valence-electron chi connectivity index (χ4n) is 3.71. The number of benzene rings is 3. The van der Waals surface area contributed by atoms with Crippen molar-refractivity contribution in [3.8, 4) is 5.75 Å². The Bertz CT molecular complexity index is 1320. The van der Waals surface area contributed by atoms with Crippen molar-refractivity contribution in [3.05, 3.63) is 88.9 Å². The summed E-state index contributed by atoms with van der Waals surface area (Å²) in [6.07, 6.45) is 0. The zero-order valence-electron chi connectivity index (χ0n) is 20.9. The number of methoxy groups -OCH3 is 1. The number of nitrogens with zero attached hydrogens (tertiary/aromatic N) is 2. The molecule has 1 N–H and O–H groups in total. The van der Waals surface area contributed by atoms with Gasteiger partial charge < -0.3 is 15.0 Å². The van der Waals surface area contributed by atoms with E-state index in [-0.39, 0.29) is 23.0 Å². The van der Waals surface area contributed by atoms with Gasteiger partial charge in [-0.25, -0.2) is 8.42 Å². The summed E-state index contributed by atoms with van der Waals surface area (Å²) in [7, 11) is -2.64. The van der Waals surface area contributed by atoms with Crippen LogP contribution in [0, 0.1) is 0 Å². The highest BCUT2D eigenvalue weighted by molar-refractivity contribution is 9.10. The number of carbonyl (C=O) groups excluding carboxylic acids is 2. The first-order valence-corrected chi connectivity index (χ1v) is 13.9. The van der Waals surface area contributed by atoms with Crippen LogP contribution in [-0.4, -0.2) is 51.4 Å². The standard InChI is InChI=1S/C27H30BrN3O5S/c1-4-29-27(33)20(2)30(18-21-13-15-22(28)16-14-21)26(32)19-31(23-9-8-10-24(17-23)36-3)37(34,35)25-11-6-5-7-12-25/h5-17,20H,4,18-19H2,1-3H3,(H,29,33)/t20-/m0/s1. The Morgan fingerprint density at radius 2 is 1.68 bits per heavy atom. The highest BCUT2D eigenvalue weighted by Crippen LogP contribution is 2.27. The lowest BCUT2D eigenvalue weighted by molar-refractivity contribution is -0.139. The van der Waals surface area contributed by atoms with Gasteiger partial charge in [0.25, 0.3) is 10.0 Å². The summed E-state index contributed by atoms with van der Waals surface area (Å²) in [5.74, 6) is -0.406. The largest absolute Gasteiger partial charge is 0.497 e.